The highest BCUT2D eigenvalue weighted by Crippen LogP contribution is 2.22. The zero-order valence-electron chi connectivity index (χ0n) is 9.65. The maximum atomic E-state index is 11.2. The monoisotopic (exact) mass is 232 g/mol. The van der Waals surface area contributed by atoms with E-state index in [1.54, 1.807) is 12.1 Å². The van der Waals surface area contributed by atoms with E-state index in [2.05, 4.69) is 0 Å². The van der Waals surface area contributed by atoms with Gasteiger partial charge in [0.25, 0.3) is 0 Å². The fourth-order valence-electron chi connectivity index (χ4n) is 1.58. The minimum absolute atomic E-state index is 0.0154. The molecule has 0 saturated carbocycles. The molecule has 88 valence electrons. The number of hydrogen-bond donors (Lipinski definition) is 0. The number of carbonyl (C=O) groups excluding carboxylic acids is 1. The Morgan fingerprint density at radius 2 is 2.12 bits per heavy atom. The first kappa shape index (κ1) is 11.4. The highest BCUT2D eigenvalue weighted by Gasteiger charge is 2.04. The summed E-state index contributed by atoms with van der Waals surface area (Å²) in [4.78, 5) is 22.0. The first-order valence-electron chi connectivity index (χ1n) is 5.23. The molecule has 0 aliphatic heterocycles. The van der Waals surface area contributed by atoms with Crippen molar-refractivity contribution in [2.75, 3.05) is 6.61 Å². The Bertz CT molecular complexity index is 625. The third-order valence-electron chi connectivity index (χ3n) is 2.36. The number of benzene rings is 1. The fourth-order valence-corrected chi connectivity index (χ4v) is 1.58. The predicted octanol–water partition coefficient (Wildman–Crippen LogP) is 2.07. The zero-order chi connectivity index (χ0) is 12.4. The van der Waals surface area contributed by atoms with Crippen LogP contribution < -0.4 is 10.4 Å². The number of rotatable bonds is 3. The fraction of sp³-hybridized carbons (Fsp3) is 0.231. The van der Waals surface area contributed by atoms with Gasteiger partial charge in [-0.25, -0.2) is 4.79 Å². The van der Waals surface area contributed by atoms with E-state index in [4.69, 9.17) is 9.15 Å². The second kappa shape index (κ2) is 4.41. The quantitative estimate of drug-likeness (QED) is 0.760. The SMILES string of the molecule is CC(=O)COc1ccc2c(C)cc(=O)oc2c1. The van der Waals surface area contributed by atoms with Gasteiger partial charge in [-0.15, -0.1) is 0 Å². The van der Waals surface area contributed by atoms with Crippen LogP contribution in [0.1, 0.15) is 12.5 Å². The lowest BCUT2D eigenvalue weighted by Crippen LogP contribution is -2.06. The lowest BCUT2D eigenvalue weighted by atomic mass is 10.1. The number of ketones is 1. The average molecular weight is 232 g/mol. The van der Waals surface area contributed by atoms with Crippen molar-refractivity contribution < 1.29 is 13.9 Å². The molecule has 0 N–H and O–H groups in total. The molecule has 0 saturated heterocycles. The van der Waals surface area contributed by atoms with Gasteiger partial charge in [0, 0.05) is 17.5 Å². The van der Waals surface area contributed by atoms with Crippen LogP contribution in [0.2, 0.25) is 0 Å². The summed E-state index contributed by atoms with van der Waals surface area (Å²) in [7, 11) is 0. The Morgan fingerprint density at radius 1 is 1.35 bits per heavy atom. The minimum Gasteiger partial charge on any atom is -0.486 e. The van der Waals surface area contributed by atoms with Gasteiger partial charge in [-0.3, -0.25) is 4.79 Å². The van der Waals surface area contributed by atoms with Crippen LogP contribution in [0.4, 0.5) is 0 Å². The first-order valence-corrected chi connectivity index (χ1v) is 5.23. The summed E-state index contributed by atoms with van der Waals surface area (Å²) in [5.74, 6) is 0.456. The van der Waals surface area contributed by atoms with E-state index in [1.807, 2.05) is 13.0 Å². The van der Waals surface area contributed by atoms with Crippen molar-refractivity contribution in [2.24, 2.45) is 0 Å². The van der Waals surface area contributed by atoms with Crippen LogP contribution in [0.5, 0.6) is 5.75 Å². The number of Topliss-reactive ketones (excluding diaryl/α,β-unsaturated/α-hetero) is 1. The van der Waals surface area contributed by atoms with Gasteiger partial charge in [0.1, 0.15) is 17.9 Å². The van der Waals surface area contributed by atoms with Crippen molar-refractivity contribution in [3.63, 3.8) is 0 Å². The van der Waals surface area contributed by atoms with E-state index in [0.717, 1.165) is 10.9 Å². The largest absolute Gasteiger partial charge is 0.486 e. The summed E-state index contributed by atoms with van der Waals surface area (Å²) in [6, 6.07) is 6.62. The third kappa shape index (κ3) is 2.53. The Hall–Kier alpha value is -2.10. The van der Waals surface area contributed by atoms with Gasteiger partial charge in [-0.2, -0.15) is 0 Å². The van der Waals surface area contributed by atoms with Crippen LogP contribution in [0.25, 0.3) is 11.0 Å². The third-order valence-corrected chi connectivity index (χ3v) is 2.36. The van der Waals surface area contributed by atoms with Gasteiger partial charge in [-0.1, -0.05) is 0 Å². The van der Waals surface area contributed by atoms with Gasteiger partial charge >= 0.3 is 5.63 Å². The molecule has 1 aromatic heterocycles. The van der Waals surface area contributed by atoms with E-state index >= 15 is 0 Å². The zero-order valence-corrected chi connectivity index (χ0v) is 9.65. The molecule has 4 heteroatoms. The molecular formula is C13H12O4. The average Bonchev–Trinajstić information content (AvgIpc) is 2.25. The number of fused-ring (bicyclic) bond motifs is 1. The highest BCUT2D eigenvalue weighted by molar-refractivity contribution is 5.81. The highest BCUT2D eigenvalue weighted by atomic mass is 16.5. The molecule has 1 heterocycles. The second-order valence-electron chi connectivity index (χ2n) is 3.90. The number of ether oxygens (including phenoxy) is 1. The molecule has 4 nitrogen and oxygen atoms in total. The molecule has 0 unspecified atom stereocenters. The topological polar surface area (TPSA) is 56.5 Å². The minimum atomic E-state index is -0.390. The van der Waals surface area contributed by atoms with Crippen LogP contribution >= 0.6 is 0 Å². The van der Waals surface area contributed by atoms with Crippen LogP contribution in [0.15, 0.2) is 33.5 Å². The smallest absolute Gasteiger partial charge is 0.336 e. The van der Waals surface area contributed by atoms with Crippen molar-refractivity contribution in [3.05, 3.63) is 40.2 Å². The summed E-state index contributed by atoms with van der Waals surface area (Å²) in [5, 5.41) is 0.861. The summed E-state index contributed by atoms with van der Waals surface area (Å²) < 4.78 is 10.3. The van der Waals surface area contributed by atoms with Crippen LogP contribution in [0.3, 0.4) is 0 Å². The van der Waals surface area contributed by atoms with Crippen LogP contribution in [0, 0.1) is 6.92 Å². The van der Waals surface area contributed by atoms with E-state index in [9.17, 15) is 9.59 Å². The van der Waals surface area contributed by atoms with Crippen molar-refractivity contribution in [3.8, 4) is 5.75 Å². The molecule has 2 aromatic rings. The van der Waals surface area contributed by atoms with Gasteiger partial charge in [0.15, 0.2) is 5.78 Å². The molecule has 1 aromatic carbocycles. The lowest BCUT2D eigenvalue weighted by molar-refractivity contribution is -0.118. The van der Waals surface area contributed by atoms with Crippen molar-refractivity contribution in [1.82, 2.24) is 0 Å². The summed E-state index contributed by atoms with van der Waals surface area (Å²) in [6.07, 6.45) is 0. The summed E-state index contributed by atoms with van der Waals surface area (Å²) >= 11 is 0. The van der Waals surface area contributed by atoms with Crippen molar-refractivity contribution >= 4 is 16.8 Å². The van der Waals surface area contributed by atoms with E-state index in [-0.39, 0.29) is 12.4 Å². The molecule has 0 spiro atoms. The molecule has 2 rings (SSSR count). The van der Waals surface area contributed by atoms with Crippen molar-refractivity contribution in [1.29, 1.82) is 0 Å². The standard InChI is InChI=1S/C13H12O4/c1-8-5-13(15)17-12-6-10(3-4-11(8)12)16-7-9(2)14/h3-6H,7H2,1-2H3. The predicted molar refractivity (Wildman–Crippen MR) is 63.4 cm³/mol. The Kier molecular flexibility index (Phi) is 2.95. The number of aryl methyl sites for hydroxylation is 1. The van der Waals surface area contributed by atoms with E-state index in [0.29, 0.717) is 11.3 Å². The molecule has 0 amide bonds. The summed E-state index contributed by atoms with van der Waals surface area (Å²) in [5.41, 5.74) is 0.934. The molecule has 0 aliphatic carbocycles. The Morgan fingerprint density at radius 3 is 2.82 bits per heavy atom. The molecule has 0 fully saturated rings. The number of hydrogen-bond acceptors (Lipinski definition) is 4. The lowest BCUT2D eigenvalue weighted by Gasteiger charge is -2.05. The molecule has 17 heavy (non-hydrogen) atoms. The van der Waals surface area contributed by atoms with Gasteiger partial charge in [0.05, 0.1) is 0 Å². The maximum absolute atomic E-state index is 11.2. The molecule has 0 atom stereocenters. The van der Waals surface area contributed by atoms with Crippen LogP contribution in [-0.4, -0.2) is 12.4 Å². The molecule has 0 bridgehead atoms. The van der Waals surface area contributed by atoms with Crippen LogP contribution in [-0.2, 0) is 4.79 Å². The van der Waals surface area contributed by atoms with Gasteiger partial charge in [-0.05, 0) is 31.5 Å². The maximum Gasteiger partial charge on any atom is 0.336 e. The van der Waals surface area contributed by atoms with E-state index in [1.165, 1.54) is 13.0 Å². The normalized spacial score (nSPS) is 10.5. The Labute approximate surface area is 97.8 Å². The molecule has 0 radical (unpaired) electrons. The molecular weight excluding hydrogens is 220 g/mol. The van der Waals surface area contributed by atoms with Gasteiger partial charge in [0.2, 0.25) is 0 Å². The Balaban J connectivity index is 2.43. The molecule has 0 aliphatic rings. The van der Waals surface area contributed by atoms with Crippen molar-refractivity contribution in [2.45, 2.75) is 13.8 Å². The number of carbonyl (C=O) groups is 1. The first-order chi connectivity index (χ1) is 8.06. The second-order valence-corrected chi connectivity index (χ2v) is 3.90. The summed E-state index contributed by atoms with van der Waals surface area (Å²) in [6.45, 7) is 3.31. The van der Waals surface area contributed by atoms with E-state index < -0.39 is 5.63 Å². The van der Waals surface area contributed by atoms with Gasteiger partial charge < -0.3 is 9.15 Å².